The van der Waals surface area contributed by atoms with Crippen molar-refractivity contribution in [1.82, 2.24) is 5.32 Å². The van der Waals surface area contributed by atoms with E-state index in [1.54, 1.807) is 11.3 Å². The molecule has 1 aromatic rings. The molecular formula is C13H17BrClNOS. The summed E-state index contributed by atoms with van der Waals surface area (Å²) in [5.41, 5.74) is 0. The van der Waals surface area contributed by atoms with Gasteiger partial charge in [0.1, 0.15) is 4.34 Å². The van der Waals surface area contributed by atoms with Crippen LogP contribution in [0.1, 0.15) is 36.7 Å². The molecule has 3 rings (SSSR count). The van der Waals surface area contributed by atoms with Crippen LogP contribution in [0.5, 0.6) is 0 Å². The summed E-state index contributed by atoms with van der Waals surface area (Å²) < 4.78 is 7.81. The zero-order valence-electron chi connectivity index (χ0n) is 10.1. The van der Waals surface area contributed by atoms with Crippen LogP contribution in [0.3, 0.4) is 0 Å². The SMILES string of the molecule is Clc1sc(C2OCCCC2CNC2CC2)cc1Br. The molecule has 1 aromatic heterocycles. The lowest BCUT2D eigenvalue weighted by Crippen LogP contribution is -2.32. The van der Waals surface area contributed by atoms with Gasteiger partial charge in [0.15, 0.2) is 0 Å². The van der Waals surface area contributed by atoms with E-state index in [4.69, 9.17) is 16.3 Å². The molecule has 2 aliphatic rings. The highest BCUT2D eigenvalue weighted by Crippen LogP contribution is 2.41. The van der Waals surface area contributed by atoms with Gasteiger partial charge in [0, 0.05) is 34.5 Å². The molecule has 2 atom stereocenters. The van der Waals surface area contributed by atoms with Gasteiger partial charge in [-0.25, -0.2) is 0 Å². The van der Waals surface area contributed by atoms with E-state index in [0.717, 1.165) is 28.0 Å². The second-order valence-electron chi connectivity index (χ2n) is 5.15. The predicted molar refractivity (Wildman–Crippen MR) is 79.5 cm³/mol. The van der Waals surface area contributed by atoms with E-state index < -0.39 is 0 Å². The molecule has 0 bridgehead atoms. The molecule has 18 heavy (non-hydrogen) atoms. The molecule has 0 aromatic carbocycles. The van der Waals surface area contributed by atoms with Gasteiger partial charge in [0.05, 0.1) is 6.10 Å². The van der Waals surface area contributed by atoms with Crippen molar-refractivity contribution in [2.75, 3.05) is 13.2 Å². The van der Waals surface area contributed by atoms with Gasteiger partial charge in [0.25, 0.3) is 0 Å². The number of halogens is 2. The Morgan fingerprint density at radius 2 is 2.28 bits per heavy atom. The number of hydrogen-bond acceptors (Lipinski definition) is 3. The average Bonchev–Trinajstić information content (AvgIpc) is 3.14. The number of hydrogen-bond donors (Lipinski definition) is 1. The summed E-state index contributed by atoms with van der Waals surface area (Å²) in [7, 11) is 0. The van der Waals surface area contributed by atoms with Crippen molar-refractivity contribution in [2.45, 2.75) is 37.8 Å². The molecule has 2 heterocycles. The third kappa shape index (κ3) is 3.10. The Labute approximate surface area is 125 Å². The highest BCUT2D eigenvalue weighted by atomic mass is 79.9. The monoisotopic (exact) mass is 349 g/mol. The first kappa shape index (κ1) is 13.4. The summed E-state index contributed by atoms with van der Waals surface area (Å²) in [6, 6.07) is 2.89. The van der Waals surface area contributed by atoms with E-state index >= 15 is 0 Å². The number of rotatable bonds is 4. The van der Waals surface area contributed by atoms with Gasteiger partial charge in [-0.2, -0.15) is 0 Å². The molecule has 1 saturated carbocycles. The Balaban J connectivity index is 1.69. The molecule has 0 amide bonds. The second kappa shape index (κ2) is 5.80. The van der Waals surface area contributed by atoms with Crippen LogP contribution < -0.4 is 5.32 Å². The van der Waals surface area contributed by atoms with Crippen molar-refractivity contribution in [3.8, 4) is 0 Å². The van der Waals surface area contributed by atoms with E-state index in [0.29, 0.717) is 5.92 Å². The smallest absolute Gasteiger partial charge is 0.107 e. The molecule has 5 heteroatoms. The van der Waals surface area contributed by atoms with Crippen LogP contribution in [0.4, 0.5) is 0 Å². The summed E-state index contributed by atoms with van der Waals surface area (Å²) in [5.74, 6) is 0.584. The van der Waals surface area contributed by atoms with Crippen LogP contribution in [0.25, 0.3) is 0 Å². The molecule has 1 saturated heterocycles. The third-order valence-electron chi connectivity index (χ3n) is 3.64. The maximum absolute atomic E-state index is 6.13. The van der Waals surface area contributed by atoms with Crippen molar-refractivity contribution in [3.63, 3.8) is 0 Å². The lowest BCUT2D eigenvalue weighted by molar-refractivity contribution is -0.0257. The highest BCUT2D eigenvalue weighted by Gasteiger charge is 2.31. The van der Waals surface area contributed by atoms with Crippen LogP contribution in [0.15, 0.2) is 10.5 Å². The number of ether oxygens (including phenoxy) is 1. The van der Waals surface area contributed by atoms with E-state index in [2.05, 4.69) is 27.3 Å². The van der Waals surface area contributed by atoms with Crippen LogP contribution >= 0.6 is 38.9 Å². The minimum absolute atomic E-state index is 0.221. The van der Waals surface area contributed by atoms with Crippen LogP contribution in [-0.2, 0) is 4.74 Å². The van der Waals surface area contributed by atoms with Crippen molar-refractivity contribution in [3.05, 3.63) is 19.8 Å². The first-order chi connectivity index (χ1) is 8.74. The predicted octanol–water partition coefficient (Wildman–Crippen LogP) is 4.38. The Kier molecular flexibility index (Phi) is 4.31. The molecule has 100 valence electrons. The van der Waals surface area contributed by atoms with Crippen LogP contribution in [-0.4, -0.2) is 19.2 Å². The van der Waals surface area contributed by atoms with E-state index in [1.807, 2.05) is 0 Å². The van der Waals surface area contributed by atoms with Gasteiger partial charge >= 0.3 is 0 Å². The van der Waals surface area contributed by atoms with Gasteiger partial charge in [-0.1, -0.05) is 11.6 Å². The van der Waals surface area contributed by atoms with Crippen molar-refractivity contribution in [2.24, 2.45) is 5.92 Å². The summed E-state index contributed by atoms with van der Waals surface area (Å²) in [5, 5.41) is 3.63. The van der Waals surface area contributed by atoms with Gasteiger partial charge in [-0.05, 0) is 47.7 Å². The number of nitrogens with one attached hydrogen (secondary N) is 1. The first-order valence-corrected chi connectivity index (χ1v) is 8.52. The van der Waals surface area contributed by atoms with Crippen molar-refractivity contribution in [1.29, 1.82) is 0 Å². The second-order valence-corrected chi connectivity index (χ2v) is 7.69. The maximum Gasteiger partial charge on any atom is 0.107 e. The van der Waals surface area contributed by atoms with Gasteiger partial charge in [-0.15, -0.1) is 11.3 Å². The van der Waals surface area contributed by atoms with E-state index in [9.17, 15) is 0 Å². The molecule has 1 aliphatic carbocycles. The normalized spacial score (nSPS) is 28.6. The highest BCUT2D eigenvalue weighted by molar-refractivity contribution is 9.10. The Morgan fingerprint density at radius 3 is 2.94 bits per heavy atom. The van der Waals surface area contributed by atoms with E-state index in [-0.39, 0.29) is 6.10 Å². The molecule has 2 fully saturated rings. The molecular weight excluding hydrogens is 334 g/mol. The Hall–Kier alpha value is 0.390. The van der Waals surface area contributed by atoms with Gasteiger partial charge in [-0.3, -0.25) is 0 Å². The van der Waals surface area contributed by atoms with Gasteiger partial charge in [0.2, 0.25) is 0 Å². The quantitative estimate of drug-likeness (QED) is 0.870. The fourth-order valence-electron chi connectivity index (χ4n) is 2.48. The molecule has 2 nitrogen and oxygen atoms in total. The molecule has 1 N–H and O–H groups in total. The lowest BCUT2D eigenvalue weighted by Gasteiger charge is -2.31. The van der Waals surface area contributed by atoms with Crippen molar-refractivity contribution < 1.29 is 4.74 Å². The lowest BCUT2D eigenvalue weighted by atomic mass is 9.93. The van der Waals surface area contributed by atoms with E-state index in [1.165, 1.54) is 30.6 Å². The minimum Gasteiger partial charge on any atom is -0.372 e. The standard InChI is InChI=1S/C13H17BrClNOS/c14-10-6-11(18-13(10)15)12-8(2-1-5-17-12)7-16-9-3-4-9/h6,8-9,12,16H,1-5,7H2. The molecule has 1 aliphatic heterocycles. The summed E-state index contributed by atoms with van der Waals surface area (Å²) in [6.07, 6.45) is 5.33. The molecule has 2 unspecified atom stereocenters. The van der Waals surface area contributed by atoms with Crippen LogP contribution in [0.2, 0.25) is 4.34 Å². The van der Waals surface area contributed by atoms with Gasteiger partial charge < -0.3 is 10.1 Å². The number of thiophene rings is 1. The first-order valence-electron chi connectivity index (χ1n) is 6.54. The summed E-state index contributed by atoms with van der Waals surface area (Å²) in [6.45, 7) is 1.94. The zero-order valence-corrected chi connectivity index (χ0v) is 13.3. The molecule has 0 radical (unpaired) electrons. The summed E-state index contributed by atoms with van der Waals surface area (Å²) in [4.78, 5) is 1.26. The largest absolute Gasteiger partial charge is 0.372 e. The third-order valence-corrected chi connectivity index (χ3v) is 6.17. The average molecular weight is 351 g/mol. The maximum atomic E-state index is 6.13. The fourth-order valence-corrected chi connectivity index (χ4v) is 4.36. The zero-order chi connectivity index (χ0) is 12.5. The van der Waals surface area contributed by atoms with Crippen LogP contribution in [0, 0.1) is 5.92 Å². The topological polar surface area (TPSA) is 21.3 Å². The summed E-state index contributed by atoms with van der Waals surface area (Å²) >= 11 is 11.3. The minimum atomic E-state index is 0.221. The fraction of sp³-hybridized carbons (Fsp3) is 0.692. The van der Waals surface area contributed by atoms with Crippen molar-refractivity contribution >= 4 is 38.9 Å². The molecule has 0 spiro atoms. The Morgan fingerprint density at radius 1 is 1.44 bits per heavy atom. The Bertz CT molecular complexity index is 402.